The van der Waals surface area contributed by atoms with Gasteiger partial charge in [-0.25, -0.2) is 19.3 Å². The van der Waals surface area contributed by atoms with Crippen LogP contribution < -0.4 is 15.5 Å². The van der Waals surface area contributed by atoms with Crippen LogP contribution in [0.4, 0.5) is 21.6 Å². The molecule has 31 heavy (non-hydrogen) atoms. The van der Waals surface area contributed by atoms with E-state index in [1.807, 2.05) is 0 Å². The normalized spacial score (nSPS) is 13.9. The summed E-state index contributed by atoms with van der Waals surface area (Å²) in [6.45, 7) is 0. The largest absolute Gasteiger partial charge is 0.353 e. The molecule has 0 atom stereocenters. The number of nitrogens with one attached hydrogen (secondary N) is 2. The molecule has 0 aliphatic heterocycles. The number of amides is 2. The highest BCUT2D eigenvalue weighted by molar-refractivity contribution is 6.33. The minimum absolute atomic E-state index is 0.140. The summed E-state index contributed by atoms with van der Waals surface area (Å²) in [6.07, 6.45) is 6.33. The smallest absolute Gasteiger partial charge is 0.255 e. The zero-order valence-electron chi connectivity index (χ0n) is 16.5. The molecule has 158 valence electrons. The van der Waals surface area contributed by atoms with Crippen LogP contribution in [0.1, 0.15) is 23.2 Å². The van der Waals surface area contributed by atoms with E-state index in [4.69, 9.17) is 11.6 Å². The topological polar surface area (TPSA) is 100 Å². The fraction of sp³-hybridized carbons (Fsp3) is 0.190. The summed E-state index contributed by atoms with van der Waals surface area (Å²) in [7, 11) is 1.42. The number of pyridine rings is 1. The van der Waals surface area contributed by atoms with Crippen LogP contribution in [-0.4, -0.2) is 39.4 Å². The Morgan fingerprint density at radius 3 is 2.52 bits per heavy atom. The first-order valence-electron chi connectivity index (χ1n) is 9.42. The fourth-order valence-corrected chi connectivity index (χ4v) is 3.29. The molecular formula is C21H18ClFN6O2. The maximum atomic E-state index is 14.8. The van der Waals surface area contributed by atoms with Crippen molar-refractivity contribution in [2.24, 2.45) is 0 Å². The first-order chi connectivity index (χ1) is 14.9. The third kappa shape index (κ3) is 4.31. The number of benzene rings is 1. The third-order valence-electron chi connectivity index (χ3n) is 4.93. The summed E-state index contributed by atoms with van der Waals surface area (Å²) in [4.78, 5) is 38.2. The van der Waals surface area contributed by atoms with E-state index >= 15 is 0 Å². The van der Waals surface area contributed by atoms with Crippen molar-refractivity contribution in [3.63, 3.8) is 0 Å². The SMILES string of the molecule is CN(C(=O)C1(NC(=O)c2cncnc2)CC1)c1ncc(Nc2ccccc2Cl)cc1F. The van der Waals surface area contributed by atoms with Crippen LogP contribution in [0.25, 0.3) is 0 Å². The highest BCUT2D eigenvalue weighted by Crippen LogP contribution is 2.38. The number of carbonyl (C=O) groups excluding carboxylic acids is 2. The fourth-order valence-electron chi connectivity index (χ4n) is 3.10. The Balaban J connectivity index is 1.48. The van der Waals surface area contributed by atoms with Gasteiger partial charge in [-0.3, -0.25) is 14.5 Å². The molecule has 0 unspecified atom stereocenters. The minimum atomic E-state index is -1.09. The maximum absolute atomic E-state index is 14.8. The van der Waals surface area contributed by atoms with E-state index in [9.17, 15) is 14.0 Å². The molecule has 2 heterocycles. The van der Waals surface area contributed by atoms with Crippen molar-refractivity contribution in [3.05, 3.63) is 71.7 Å². The van der Waals surface area contributed by atoms with Crippen molar-refractivity contribution in [2.45, 2.75) is 18.4 Å². The number of para-hydroxylation sites is 1. The predicted octanol–water partition coefficient (Wildman–Crippen LogP) is 3.33. The lowest BCUT2D eigenvalue weighted by Gasteiger charge is -2.24. The van der Waals surface area contributed by atoms with Gasteiger partial charge in [0.2, 0.25) is 0 Å². The van der Waals surface area contributed by atoms with Crippen LogP contribution in [0.5, 0.6) is 0 Å². The molecule has 1 aliphatic carbocycles. The summed E-state index contributed by atoms with van der Waals surface area (Å²) < 4.78 is 14.8. The molecular weight excluding hydrogens is 423 g/mol. The van der Waals surface area contributed by atoms with Crippen molar-refractivity contribution < 1.29 is 14.0 Å². The van der Waals surface area contributed by atoms with E-state index in [0.29, 0.717) is 29.2 Å². The molecule has 3 aromatic rings. The summed E-state index contributed by atoms with van der Waals surface area (Å²) in [5.74, 6) is -1.74. The van der Waals surface area contributed by atoms with Crippen LogP contribution in [0.3, 0.4) is 0 Å². The molecule has 1 saturated carbocycles. The number of anilines is 3. The summed E-state index contributed by atoms with van der Waals surface area (Å²) in [5, 5.41) is 6.19. The van der Waals surface area contributed by atoms with Crippen molar-refractivity contribution in [1.29, 1.82) is 0 Å². The lowest BCUT2D eigenvalue weighted by molar-refractivity contribution is -0.121. The maximum Gasteiger partial charge on any atom is 0.255 e. The molecule has 1 fully saturated rings. The van der Waals surface area contributed by atoms with Crippen LogP contribution in [0, 0.1) is 5.82 Å². The number of hydrogen-bond donors (Lipinski definition) is 2. The van der Waals surface area contributed by atoms with Crippen LogP contribution in [0.15, 0.2) is 55.2 Å². The van der Waals surface area contributed by atoms with E-state index in [1.54, 1.807) is 24.3 Å². The standard InChI is InChI=1S/C21H18ClFN6O2/c1-29(20(31)21(6-7-21)28-19(30)13-9-24-12-25-10-13)18-16(23)8-14(11-26-18)27-17-5-3-2-4-15(17)22/h2-5,8-12,27H,6-7H2,1H3,(H,28,30). The Bertz CT molecular complexity index is 1140. The number of hydrogen-bond acceptors (Lipinski definition) is 6. The molecule has 4 rings (SSSR count). The Hall–Kier alpha value is -3.59. The van der Waals surface area contributed by atoms with E-state index in [1.165, 1.54) is 38.0 Å². The van der Waals surface area contributed by atoms with Gasteiger partial charge in [-0.15, -0.1) is 0 Å². The van der Waals surface area contributed by atoms with E-state index in [2.05, 4.69) is 25.6 Å². The van der Waals surface area contributed by atoms with Gasteiger partial charge in [0.05, 0.1) is 28.2 Å². The van der Waals surface area contributed by atoms with Gasteiger partial charge in [0.15, 0.2) is 11.6 Å². The number of aromatic nitrogens is 3. The van der Waals surface area contributed by atoms with Gasteiger partial charge in [0.25, 0.3) is 11.8 Å². The summed E-state index contributed by atoms with van der Waals surface area (Å²) >= 11 is 6.11. The predicted molar refractivity (Wildman–Crippen MR) is 114 cm³/mol. The first-order valence-corrected chi connectivity index (χ1v) is 9.80. The lowest BCUT2D eigenvalue weighted by atomic mass is 10.2. The van der Waals surface area contributed by atoms with Gasteiger partial charge >= 0.3 is 0 Å². The Morgan fingerprint density at radius 1 is 1.16 bits per heavy atom. The Labute approximate surface area is 182 Å². The monoisotopic (exact) mass is 440 g/mol. The Morgan fingerprint density at radius 2 is 1.87 bits per heavy atom. The number of carbonyl (C=O) groups is 2. The number of halogens is 2. The molecule has 1 aliphatic rings. The number of rotatable bonds is 6. The highest BCUT2D eigenvalue weighted by Gasteiger charge is 2.53. The van der Waals surface area contributed by atoms with Crippen molar-refractivity contribution in [1.82, 2.24) is 20.3 Å². The van der Waals surface area contributed by atoms with Gasteiger partial charge in [-0.1, -0.05) is 23.7 Å². The molecule has 0 spiro atoms. The Kier molecular flexibility index (Phi) is 5.51. The molecule has 2 amide bonds. The van der Waals surface area contributed by atoms with Crippen molar-refractivity contribution >= 4 is 40.6 Å². The second kappa shape index (κ2) is 8.27. The zero-order valence-corrected chi connectivity index (χ0v) is 17.2. The molecule has 10 heteroatoms. The number of nitrogens with zero attached hydrogens (tertiary/aromatic N) is 4. The van der Waals surface area contributed by atoms with Gasteiger partial charge < -0.3 is 10.6 Å². The highest BCUT2D eigenvalue weighted by atomic mass is 35.5. The summed E-state index contributed by atoms with van der Waals surface area (Å²) in [6, 6.07) is 8.27. The third-order valence-corrected chi connectivity index (χ3v) is 5.26. The van der Waals surface area contributed by atoms with Gasteiger partial charge in [0.1, 0.15) is 11.9 Å². The van der Waals surface area contributed by atoms with Gasteiger partial charge in [-0.05, 0) is 25.0 Å². The van der Waals surface area contributed by atoms with Crippen LogP contribution in [0.2, 0.25) is 5.02 Å². The quantitative estimate of drug-likeness (QED) is 0.609. The first kappa shape index (κ1) is 20.7. The van der Waals surface area contributed by atoms with E-state index in [-0.39, 0.29) is 11.4 Å². The van der Waals surface area contributed by atoms with E-state index < -0.39 is 23.2 Å². The molecule has 0 saturated heterocycles. The molecule has 2 N–H and O–H groups in total. The van der Waals surface area contributed by atoms with Crippen LogP contribution in [-0.2, 0) is 4.79 Å². The molecule has 1 aromatic carbocycles. The second-order valence-corrected chi connectivity index (χ2v) is 7.57. The van der Waals surface area contributed by atoms with Gasteiger partial charge in [-0.2, -0.15) is 0 Å². The second-order valence-electron chi connectivity index (χ2n) is 7.16. The minimum Gasteiger partial charge on any atom is -0.353 e. The molecule has 0 radical (unpaired) electrons. The van der Waals surface area contributed by atoms with Crippen molar-refractivity contribution in [3.8, 4) is 0 Å². The molecule has 2 aromatic heterocycles. The average molecular weight is 441 g/mol. The molecule has 0 bridgehead atoms. The van der Waals surface area contributed by atoms with Crippen LogP contribution >= 0.6 is 11.6 Å². The molecule has 8 nitrogen and oxygen atoms in total. The van der Waals surface area contributed by atoms with Gasteiger partial charge in [0, 0.05) is 25.5 Å². The summed E-state index contributed by atoms with van der Waals surface area (Å²) in [5.41, 5.74) is 0.133. The van der Waals surface area contributed by atoms with Crippen molar-refractivity contribution in [2.75, 3.05) is 17.3 Å². The van der Waals surface area contributed by atoms with E-state index in [0.717, 1.165) is 4.90 Å². The number of likely N-dealkylation sites (N-methyl/N-ethyl adjacent to an activating group) is 1. The average Bonchev–Trinajstić information content (AvgIpc) is 3.55. The zero-order chi connectivity index (χ0) is 22.0. The lowest BCUT2D eigenvalue weighted by Crippen LogP contribution is -2.50.